The molecule has 7 nitrogen and oxygen atoms in total. The number of halogens is 1. The molecule has 2 fully saturated rings. The number of hydrogen-bond donors (Lipinski definition) is 1. The molecule has 2 saturated heterocycles. The van der Waals surface area contributed by atoms with Crippen LogP contribution in [-0.2, 0) is 11.3 Å². The first-order chi connectivity index (χ1) is 16.1. The van der Waals surface area contributed by atoms with Crippen molar-refractivity contribution in [3.05, 3.63) is 34.6 Å². The zero-order valence-electron chi connectivity index (χ0n) is 19.6. The number of carbonyl (C=O) groups excluding carboxylic acids is 1. The third-order valence-electron chi connectivity index (χ3n) is 6.95. The van der Waals surface area contributed by atoms with Crippen LogP contribution in [-0.4, -0.2) is 64.6 Å². The Hall–Kier alpha value is -1.77. The normalized spacial score (nSPS) is 22.4. The van der Waals surface area contributed by atoms with Gasteiger partial charge in [0.15, 0.2) is 0 Å². The minimum absolute atomic E-state index is 0.0333. The number of carbonyl (C=O) groups is 1. The minimum atomic E-state index is 0.0333. The van der Waals surface area contributed by atoms with Crippen molar-refractivity contribution in [2.24, 2.45) is 5.92 Å². The SMILES string of the molecule is CCC1CCCCN1CCCNC(=O)C1CCCN(Cc2nc(-c3ccc(Br)cc3)no2)C1. The van der Waals surface area contributed by atoms with Crippen LogP contribution in [0.1, 0.15) is 57.8 Å². The van der Waals surface area contributed by atoms with Crippen molar-refractivity contribution in [1.29, 1.82) is 0 Å². The summed E-state index contributed by atoms with van der Waals surface area (Å²) in [5.74, 6) is 1.42. The Morgan fingerprint density at radius 1 is 1.18 bits per heavy atom. The molecule has 1 aromatic heterocycles. The standard InChI is InChI=1S/C25H36BrN5O2/c1-2-22-8-3-4-15-31(22)16-6-13-27-25(32)20-7-5-14-30(17-20)18-23-28-24(29-33-23)19-9-11-21(26)12-10-19/h9-12,20,22H,2-8,13-18H2,1H3,(H,27,32). The van der Waals surface area contributed by atoms with Gasteiger partial charge in [-0.25, -0.2) is 0 Å². The predicted molar refractivity (Wildman–Crippen MR) is 133 cm³/mol. The Balaban J connectivity index is 1.20. The highest BCUT2D eigenvalue weighted by atomic mass is 79.9. The molecule has 1 amide bonds. The highest BCUT2D eigenvalue weighted by molar-refractivity contribution is 9.10. The van der Waals surface area contributed by atoms with E-state index in [-0.39, 0.29) is 11.8 Å². The maximum atomic E-state index is 12.8. The fraction of sp³-hybridized carbons (Fsp3) is 0.640. The highest BCUT2D eigenvalue weighted by Crippen LogP contribution is 2.22. The number of benzene rings is 1. The van der Waals surface area contributed by atoms with E-state index >= 15 is 0 Å². The molecule has 2 atom stereocenters. The molecule has 0 spiro atoms. The number of likely N-dealkylation sites (tertiary alicyclic amines) is 2. The second-order valence-corrected chi connectivity index (χ2v) is 10.2. The van der Waals surface area contributed by atoms with Gasteiger partial charge in [0.2, 0.25) is 17.6 Å². The third-order valence-corrected chi connectivity index (χ3v) is 7.48. The lowest BCUT2D eigenvalue weighted by atomic mass is 9.97. The van der Waals surface area contributed by atoms with Crippen LogP contribution in [0.2, 0.25) is 0 Å². The van der Waals surface area contributed by atoms with E-state index in [1.54, 1.807) is 0 Å². The molecule has 8 heteroatoms. The molecule has 2 aliphatic rings. The van der Waals surface area contributed by atoms with Gasteiger partial charge < -0.3 is 14.7 Å². The first-order valence-electron chi connectivity index (χ1n) is 12.4. The summed E-state index contributed by atoms with van der Waals surface area (Å²) in [6, 6.07) is 8.60. The molecule has 0 bridgehead atoms. The molecule has 2 aliphatic heterocycles. The van der Waals surface area contributed by atoms with Crippen molar-refractivity contribution in [3.63, 3.8) is 0 Å². The fourth-order valence-electron chi connectivity index (χ4n) is 5.09. The van der Waals surface area contributed by atoms with Gasteiger partial charge in [-0.2, -0.15) is 4.98 Å². The van der Waals surface area contributed by atoms with Gasteiger partial charge >= 0.3 is 0 Å². The summed E-state index contributed by atoms with van der Waals surface area (Å²) < 4.78 is 6.50. The average molecular weight is 519 g/mol. The van der Waals surface area contributed by atoms with Crippen molar-refractivity contribution in [2.45, 2.75) is 64.5 Å². The summed E-state index contributed by atoms with van der Waals surface area (Å²) in [6.45, 7) is 7.63. The van der Waals surface area contributed by atoms with E-state index in [1.165, 1.54) is 32.2 Å². The lowest BCUT2D eigenvalue weighted by Crippen LogP contribution is -2.44. The average Bonchev–Trinajstić information content (AvgIpc) is 3.31. The predicted octanol–water partition coefficient (Wildman–Crippen LogP) is 4.48. The van der Waals surface area contributed by atoms with Crippen LogP contribution in [0.4, 0.5) is 0 Å². The van der Waals surface area contributed by atoms with Gasteiger partial charge in [-0.15, -0.1) is 0 Å². The van der Waals surface area contributed by atoms with Crippen molar-refractivity contribution in [3.8, 4) is 11.4 Å². The van der Waals surface area contributed by atoms with Crippen LogP contribution in [0.3, 0.4) is 0 Å². The molecule has 3 heterocycles. The van der Waals surface area contributed by atoms with Crippen LogP contribution >= 0.6 is 15.9 Å². The van der Waals surface area contributed by atoms with Gasteiger partial charge in [-0.05, 0) is 75.9 Å². The number of nitrogens with zero attached hydrogens (tertiary/aromatic N) is 4. The maximum absolute atomic E-state index is 12.8. The molecule has 1 N–H and O–H groups in total. The zero-order valence-corrected chi connectivity index (χ0v) is 21.2. The van der Waals surface area contributed by atoms with E-state index in [9.17, 15) is 4.79 Å². The number of rotatable bonds is 9. The maximum Gasteiger partial charge on any atom is 0.241 e. The molecular weight excluding hydrogens is 482 g/mol. The van der Waals surface area contributed by atoms with Crippen LogP contribution in [0, 0.1) is 5.92 Å². The van der Waals surface area contributed by atoms with E-state index < -0.39 is 0 Å². The van der Waals surface area contributed by atoms with Crippen LogP contribution < -0.4 is 5.32 Å². The topological polar surface area (TPSA) is 74.5 Å². The number of aromatic nitrogens is 2. The number of nitrogens with one attached hydrogen (secondary N) is 1. The van der Waals surface area contributed by atoms with Crippen LogP contribution in [0.5, 0.6) is 0 Å². The lowest BCUT2D eigenvalue weighted by Gasteiger charge is -2.35. The van der Waals surface area contributed by atoms with Gasteiger partial charge in [0.1, 0.15) is 0 Å². The second-order valence-electron chi connectivity index (χ2n) is 9.33. The molecular formula is C25H36BrN5O2. The van der Waals surface area contributed by atoms with Gasteiger partial charge in [0.05, 0.1) is 12.5 Å². The summed E-state index contributed by atoms with van der Waals surface area (Å²) in [5.41, 5.74) is 0.930. The molecule has 0 aliphatic carbocycles. The number of piperidine rings is 2. The van der Waals surface area contributed by atoms with Crippen LogP contribution in [0.15, 0.2) is 33.3 Å². The Morgan fingerprint density at radius 2 is 2.03 bits per heavy atom. The summed E-state index contributed by atoms with van der Waals surface area (Å²) in [5, 5.41) is 7.32. The monoisotopic (exact) mass is 517 g/mol. The van der Waals surface area contributed by atoms with Crippen molar-refractivity contribution < 1.29 is 9.32 Å². The van der Waals surface area contributed by atoms with Crippen LogP contribution in [0.25, 0.3) is 11.4 Å². The Labute approximate surface area is 205 Å². The van der Waals surface area contributed by atoms with Crippen molar-refractivity contribution in [2.75, 3.05) is 32.7 Å². The Morgan fingerprint density at radius 3 is 2.85 bits per heavy atom. The molecule has 4 rings (SSSR count). The van der Waals surface area contributed by atoms with Gasteiger partial charge in [0, 0.05) is 35.7 Å². The molecule has 33 heavy (non-hydrogen) atoms. The van der Waals surface area contributed by atoms with E-state index in [2.05, 4.69) is 48.1 Å². The largest absolute Gasteiger partial charge is 0.356 e. The molecule has 180 valence electrons. The smallest absolute Gasteiger partial charge is 0.241 e. The number of hydrogen-bond acceptors (Lipinski definition) is 6. The first kappa shape index (κ1) is 24.4. The molecule has 0 radical (unpaired) electrons. The van der Waals surface area contributed by atoms with Gasteiger partial charge in [0.25, 0.3) is 0 Å². The fourth-order valence-corrected chi connectivity index (χ4v) is 5.36. The van der Waals surface area contributed by atoms with Crippen molar-refractivity contribution in [1.82, 2.24) is 25.3 Å². The molecule has 1 aromatic carbocycles. The quantitative estimate of drug-likeness (QED) is 0.494. The van der Waals surface area contributed by atoms with Gasteiger partial charge in [-0.1, -0.05) is 34.4 Å². The minimum Gasteiger partial charge on any atom is -0.356 e. The van der Waals surface area contributed by atoms with E-state index in [1.807, 2.05) is 24.3 Å². The summed E-state index contributed by atoms with van der Waals surface area (Å²) in [7, 11) is 0. The molecule has 2 unspecified atom stereocenters. The third kappa shape index (κ3) is 6.87. The molecule has 0 saturated carbocycles. The Bertz CT molecular complexity index is 887. The lowest BCUT2D eigenvalue weighted by molar-refractivity contribution is -0.126. The number of amides is 1. The van der Waals surface area contributed by atoms with Crippen molar-refractivity contribution >= 4 is 21.8 Å². The van der Waals surface area contributed by atoms with E-state index in [0.717, 1.165) is 61.5 Å². The molecule has 2 aromatic rings. The summed E-state index contributed by atoms with van der Waals surface area (Å²) >= 11 is 3.44. The Kier molecular flexibility index (Phi) is 8.92. The van der Waals surface area contributed by atoms with E-state index in [0.29, 0.717) is 18.3 Å². The first-order valence-corrected chi connectivity index (χ1v) is 13.2. The second kappa shape index (κ2) is 12.1. The van der Waals surface area contributed by atoms with Gasteiger partial charge in [-0.3, -0.25) is 9.69 Å². The van der Waals surface area contributed by atoms with E-state index in [4.69, 9.17) is 4.52 Å². The highest BCUT2D eigenvalue weighted by Gasteiger charge is 2.27. The summed E-state index contributed by atoms with van der Waals surface area (Å²) in [6.07, 6.45) is 8.21. The zero-order chi connectivity index (χ0) is 23.0. The summed E-state index contributed by atoms with van der Waals surface area (Å²) in [4.78, 5) is 22.2.